The number of thiophene rings is 1. The van der Waals surface area contributed by atoms with Gasteiger partial charge in [-0.05, 0) is 42.8 Å². The third-order valence-corrected chi connectivity index (χ3v) is 4.58. The van der Waals surface area contributed by atoms with Gasteiger partial charge in [-0.1, -0.05) is 6.92 Å². The van der Waals surface area contributed by atoms with Crippen molar-refractivity contribution in [2.45, 2.75) is 19.9 Å². The monoisotopic (exact) mass is 331 g/mol. The third-order valence-electron chi connectivity index (χ3n) is 3.35. The van der Waals surface area contributed by atoms with Crippen LogP contribution >= 0.6 is 11.3 Å². The highest BCUT2D eigenvalue weighted by molar-refractivity contribution is 7.11. The van der Waals surface area contributed by atoms with Crippen LogP contribution in [-0.2, 0) is 17.8 Å². The van der Waals surface area contributed by atoms with Crippen molar-refractivity contribution in [3.63, 3.8) is 0 Å². The average molecular weight is 331 g/mol. The molecule has 0 radical (unpaired) electrons. The zero-order chi connectivity index (χ0) is 16.7. The summed E-state index contributed by atoms with van der Waals surface area (Å²) in [7, 11) is 3.20. The second-order valence-electron chi connectivity index (χ2n) is 4.88. The number of carbonyl (C=O) groups is 1. The Labute approximate surface area is 140 Å². The molecular formula is C18H21NO3S. The standard InChI is InChI=1S/C18H21NO3S/c1-4-15-7-8-16(23-15)12-19-18(20)10-5-13-11-14(21-2)6-9-17(13)22-3/h5-11H,4,12H2,1-3H3,(H,19,20)/b10-5+. The van der Waals surface area contributed by atoms with Crippen LogP contribution in [0.4, 0.5) is 0 Å². The molecule has 1 aromatic heterocycles. The van der Waals surface area contributed by atoms with Crippen molar-refractivity contribution in [2.24, 2.45) is 0 Å². The normalized spacial score (nSPS) is 10.7. The van der Waals surface area contributed by atoms with Crippen molar-refractivity contribution < 1.29 is 14.3 Å². The van der Waals surface area contributed by atoms with E-state index in [0.29, 0.717) is 12.3 Å². The molecule has 4 nitrogen and oxygen atoms in total. The van der Waals surface area contributed by atoms with Crippen LogP contribution in [0.3, 0.4) is 0 Å². The van der Waals surface area contributed by atoms with E-state index >= 15 is 0 Å². The number of benzene rings is 1. The second kappa shape index (κ2) is 8.39. The molecule has 1 aromatic carbocycles. The smallest absolute Gasteiger partial charge is 0.244 e. The average Bonchev–Trinajstić information content (AvgIpc) is 3.05. The Balaban J connectivity index is 1.97. The lowest BCUT2D eigenvalue weighted by molar-refractivity contribution is -0.116. The van der Waals surface area contributed by atoms with Gasteiger partial charge in [-0.25, -0.2) is 0 Å². The number of rotatable bonds is 7. The summed E-state index contributed by atoms with van der Waals surface area (Å²) in [6.07, 6.45) is 4.25. The minimum atomic E-state index is -0.138. The summed E-state index contributed by atoms with van der Waals surface area (Å²) < 4.78 is 10.5. The molecule has 0 fully saturated rings. The van der Waals surface area contributed by atoms with E-state index in [-0.39, 0.29) is 5.91 Å². The maximum absolute atomic E-state index is 12.0. The Morgan fingerprint density at radius 1 is 1.17 bits per heavy atom. The topological polar surface area (TPSA) is 47.6 Å². The molecule has 2 rings (SSSR count). The fourth-order valence-corrected chi connectivity index (χ4v) is 2.97. The molecule has 2 aromatic rings. The molecule has 0 spiro atoms. The van der Waals surface area contributed by atoms with Gasteiger partial charge in [0.15, 0.2) is 0 Å². The number of methoxy groups -OCH3 is 2. The van der Waals surface area contributed by atoms with Gasteiger partial charge in [-0.2, -0.15) is 0 Å². The summed E-state index contributed by atoms with van der Waals surface area (Å²) in [5, 5.41) is 2.89. The lowest BCUT2D eigenvalue weighted by atomic mass is 10.1. The van der Waals surface area contributed by atoms with Crippen molar-refractivity contribution >= 4 is 23.3 Å². The van der Waals surface area contributed by atoms with Gasteiger partial charge in [0.25, 0.3) is 0 Å². The molecule has 122 valence electrons. The molecule has 5 heteroatoms. The van der Waals surface area contributed by atoms with Gasteiger partial charge < -0.3 is 14.8 Å². The number of carbonyl (C=O) groups excluding carboxylic acids is 1. The van der Waals surface area contributed by atoms with Crippen LogP contribution in [0, 0.1) is 0 Å². The zero-order valence-electron chi connectivity index (χ0n) is 13.6. The van der Waals surface area contributed by atoms with E-state index in [4.69, 9.17) is 9.47 Å². The molecule has 1 N–H and O–H groups in total. The quantitative estimate of drug-likeness (QED) is 0.788. The first-order valence-electron chi connectivity index (χ1n) is 7.41. The van der Waals surface area contributed by atoms with E-state index in [0.717, 1.165) is 22.6 Å². The van der Waals surface area contributed by atoms with Gasteiger partial charge in [0, 0.05) is 21.4 Å². The second-order valence-corrected chi connectivity index (χ2v) is 6.13. The molecule has 0 bridgehead atoms. The molecule has 0 aliphatic carbocycles. The summed E-state index contributed by atoms with van der Waals surface area (Å²) in [6.45, 7) is 2.67. The fourth-order valence-electron chi connectivity index (χ4n) is 2.08. The van der Waals surface area contributed by atoms with Gasteiger partial charge in [-0.15, -0.1) is 11.3 Å². The number of nitrogens with one attached hydrogen (secondary N) is 1. The van der Waals surface area contributed by atoms with Crippen molar-refractivity contribution in [2.75, 3.05) is 14.2 Å². The Bertz CT molecular complexity index is 691. The largest absolute Gasteiger partial charge is 0.497 e. The summed E-state index contributed by atoms with van der Waals surface area (Å²) >= 11 is 1.72. The first kappa shape index (κ1) is 17.1. The number of amides is 1. The molecule has 0 saturated heterocycles. The number of ether oxygens (including phenoxy) is 2. The van der Waals surface area contributed by atoms with Crippen LogP contribution in [-0.4, -0.2) is 20.1 Å². The van der Waals surface area contributed by atoms with Gasteiger partial charge in [0.2, 0.25) is 5.91 Å². The van der Waals surface area contributed by atoms with Crippen LogP contribution in [0.25, 0.3) is 6.08 Å². The Morgan fingerprint density at radius 3 is 2.61 bits per heavy atom. The first-order chi connectivity index (χ1) is 11.2. The number of hydrogen-bond acceptors (Lipinski definition) is 4. The fraction of sp³-hybridized carbons (Fsp3) is 0.278. The van der Waals surface area contributed by atoms with E-state index < -0.39 is 0 Å². The molecule has 0 aliphatic heterocycles. The highest BCUT2D eigenvalue weighted by Crippen LogP contribution is 2.25. The zero-order valence-corrected chi connectivity index (χ0v) is 14.4. The van der Waals surface area contributed by atoms with E-state index in [2.05, 4.69) is 24.4 Å². The minimum Gasteiger partial charge on any atom is -0.497 e. The lowest BCUT2D eigenvalue weighted by Gasteiger charge is -2.07. The van der Waals surface area contributed by atoms with Crippen LogP contribution < -0.4 is 14.8 Å². The molecule has 0 atom stereocenters. The van der Waals surface area contributed by atoms with E-state index in [1.807, 2.05) is 18.2 Å². The Hall–Kier alpha value is -2.27. The molecule has 23 heavy (non-hydrogen) atoms. The van der Waals surface area contributed by atoms with Crippen LogP contribution in [0.2, 0.25) is 0 Å². The minimum absolute atomic E-state index is 0.138. The lowest BCUT2D eigenvalue weighted by Crippen LogP contribution is -2.19. The van der Waals surface area contributed by atoms with Gasteiger partial charge in [0.1, 0.15) is 11.5 Å². The molecule has 0 saturated carbocycles. The summed E-state index contributed by atoms with van der Waals surface area (Å²) in [5.41, 5.74) is 0.798. The van der Waals surface area contributed by atoms with Crippen molar-refractivity contribution in [3.8, 4) is 11.5 Å². The van der Waals surface area contributed by atoms with E-state index in [1.165, 1.54) is 11.0 Å². The molecule has 0 aliphatic rings. The predicted octanol–water partition coefficient (Wildman–Crippen LogP) is 3.66. The van der Waals surface area contributed by atoms with Gasteiger partial charge in [0.05, 0.1) is 20.8 Å². The number of aryl methyl sites for hydroxylation is 1. The van der Waals surface area contributed by atoms with E-state index in [1.54, 1.807) is 31.6 Å². The third kappa shape index (κ3) is 4.86. The van der Waals surface area contributed by atoms with Crippen molar-refractivity contribution in [3.05, 3.63) is 51.7 Å². The SMILES string of the molecule is CCc1ccc(CNC(=O)/C=C/c2cc(OC)ccc2OC)s1. The van der Waals surface area contributed by atoms with Crippen molar-refractivity contribution in [1.29, 1.82) is 0 Å². The summed E-state index contributed by atoms with van der Waals surface area (Å²) in [6, 6.07) is 9.61. The predicted molar refractivity (Wildman–Crippen MR) is 94.1 cm³/mol. The highest BCUT2D eigenvalue weighted by Gasteiger charge is 2.04. The van der Waals surface area contributed by atoms with Crippen LogP contribution in [0.15, 0.2) is 36.4 Å². The Kier molecular flexibility index (Phi) is 6.23. The maximum atomic E-state index is 12.0. The maximum Gasteiger partial charge on any atom is 0.244 e. The Morgan fingerprint density at radius 2 is 1.96 bits per heavy atom. The molecule has 1 heterocycles. The van der Waals surface area contributed by atoms with E-state index in [9.17, 15) is 4.79 Å². The van der Waals surface area contributed by atoms with Gasteiger partial charge in [-0.3, -0.25) is 4.79 Å². The molecule has 1 amide bonds. The number of hydrogen-bond donors (Lipinski definition) is 1. The van der Waals surface area contributed by atoms with Crippen LogP contribution in [0.1, 0.15) is 22.2 Å². The highest BCUT2D eigenvalue weighted by atomic mass is 32.1. The van der Waals surface area contributed by atoms with Gasteiger partial charge >= 0.3 is 0 Å². The molecular weight excluding hydrogens is 310 g/mol. The summed E-state index contributed by atoms with van der Waals surface area (Å²) in [5.74, 6) is 1.28. The van der Waals surface area contributed by atoms with Crippen LogP contribution in [0.5, 0.6) is 11.5 Å². The molecule has 0 unspecified atom stereocenters. The first-order valence-corrected chi connectivity index (χ1v) is 8.23. The summed E-state index contributed by atoms with van der Waals surface area (Å²) in [4.78, 5) is 14.4. The van der Waals surface area contributed by atoms with Crippen molar-refractivity contribution in [1.82, 2.24) is 5.32 Å².